The lowest BCUT2D eigenvalue weighted by Crippen LogP contribution is -2.26. The second kappa shape index (κ2) is 5.90. The predicted molar refractivity (Wildman–Crippen MR) is 59.4 cm³/mol. The molecule has 0 bridgehead atoms. The number of aromatic amines is 1. The molecule has 2 rings (SSSR count). The fraction of sp³-hybridized carbons (Fsp3) is 0.636. The Hall–Kier alpha value is -1.50. The number of nitrogens with zero attached hydrogens (tertiary/aromatic N) is 1. The molecule has 1 fully saturated rings. The number of rotatable bonds is 5. The van der Waals surface area contributed by atoms with Gasteiger partial charge in [0.05, 0.1) is 0 Å². The number of hydrogen-bond donors (Lipinski definition) is 2. The van der Waals surface area contributed by atoms with Crippen LogP contribution in [-0.4, -0.2) is 35.9 Å². The molecule has 1 aliphatic rings. The SMILES string of the molecule is O=C(NCC[C@H]1CCOC1)c1cc(C(F)F)[nH]n1. The van der Waals surface area contributed by atoms with Crippen molar-refractivity contribution in [1.29, 1.82) is 0 Å². The molecule has 2 heterocycles. The Balaban J connectivity index is 1.76. The minimum absolute atomic E-state index is 0.00651. The summed E-state index contributed by atoms with van der Waals surface area (Å²) in [5, 5.41) is 8.34. The molecule has 0 spiro atoms. The first-order valence-electron chi connectivity index (χ1n) is 5.86. The molecule has 1 aromatic heterocycles. The highest BCUT2D eigenvalue weighted by molar-refractivity contribution is 5.92. The minimum Gasteiger partial charge on any atom is -0.381 e. The van der Waals surface area contributed by atoms with Gasteiger partial charge in [-0.15, -0.1) is 0 Å². The van der Waals surface area contributed by atoms with Gasteiger partial charge >= 0.3 is 0 Å². The van der Waals surface area contributed by atoms with Crippen molar-refractivity contribution < 1.29 is 18.3 Å². The summed E-state index contributed by atoms with van der Waals surface area (Å²) in [6.45, 7) is 2.01. The molecule has 0 aliphatic carbocycles. The van der Waals surface area contributed by atoms with Crippen LogP contribution in [0.3, 0.4) is 0 Å². The molecule has 1 amide bonds. The zero-order chi connectivity index (χ0) is 13.0. The molecule has 0 saturated carbocycles. The molecule has 100 valence electrons. The molecular formula is C11H15F2N3O2. The van der Waals surface area contributed by atoms with Gasteiger partial charge in [0, 0.05) is 19.8 Å². The van der Waals surface area contributed by atoms with Crippen LogP contribution in [-0.2, 0) is 4.74 Å². The van der Waals surface area contributed by atoms with Gasteiger partial charge in [-0.3, -0.25) is 9.89 Å². The number of carbonyl (C=O) groups excluding carboxylic acids is 1. The van der Waals surface area contributed by atoms with Gasteiger partial charge in [0.15, 0.2) is 0 Å². The van der Waals surface area contributed by atoms with Gasteiger partial charge < -0.3 is 10.1 Å². The van der Waals surface area contributed by atoms with Gasteiger partial charge in [-0.25, -0.2) is 8.78 Å². The first-order chi connectivity index (χ1) is 8.66. The summed E-state index contributed by atoms with van der Waals surface area (Å²) >= 11 is 0. The third-order valence-corrected chi connectivity index (χ3v) is 2.93. The number of nitrogens with one attached hydrogen (secondary N) is 2. The van der Waals surface area contributed by atoms with Gasteiger partial charge in [0.1, 0.15) is 11.4 Å². The number of halogens is 2. The number of aromatic nitrogens is 2. The zero-order valence-electron chi connectivity index (χ0n) is 9.79. The molecule has 0 radical (unpaired) electrons. The lowest BCUT2D eigenvalue weighted by molar-refractivity contribution is 0.0945. The van der Waals surface area contributed by atoms with E-state index in [1.54, 1.807) is 0 Å². The number of carbonyl (C=O) groups is 1. The van der Waals surface area contributed by atoms with Crippen molar-refractivity contribution >= 4 is 5.91 Å². The summed E-state index contributed by atoms with van der Waals surface area (Å²) in [5.74, 6) is 0.0400. The van der Waals surface area contributed by atoms with Crippen LogP contribution in [0, 0.1) is 5.92 Å². The molecule has 5 nitrogen and oxygen atoms in total. The number of amides is 1. The van der Waals surface area contributed by atoms with Crippen molar-refractivity contribution in [3.05, 3.63) is 17.5 Å². The average molecular weight is 259 g/mol. The maximum atomic E-state index is 12.3. The van der Waals surface area contributed by atoms with Crippen LogP contribution in [0.15, 0.2) is 6.07 Å². The Labute approximate surface area is 103 Å². The van der Waals surface area contributed by atoms with Gasteiger partial charge in [0.2, 0.25) is 0 Å². The summed E-state index contributed by atoms with van der Waals surface area (Å²) in [4.78, 5) is 11.6. The Morgan fingerprint density at radius 1 is 1.67 bits per heavy atom. The van der Waals surface area contributed by atoms with Crippen LogP contribution in [0.4, 0.5) is 8.78 Å². The zero-order valence-corrected chi connectivity index (χ0v) is 9.79. The van der Waals surface area contributed by atoms with E-state index < -0.39 is 12.3 Å². The maximum Gasteiger partial charge on any atom is 0.279 e. The molecule has 1 saturated heterocycles. The van der Waals surface area contributed by atoms with Crippen molar-refractivity contribution in [3.8, 4) is 0 Å². The van der Waals surface area contributed by atoms with Crippen LogP contribution in [0.25, 0.3) is 0 Å². The van der Waals surface area contributed by atoms with Crippen molar-refractivity contribution in [2.75, 3.05) is 19.8 Å². The molecule has 1 aliphatic heterocycles. The smallest absolute Gasteiger partial charge is 0.279 e. The normalized spacial score (nSPS) is 19.4. The van der Waals surface area contributed by atoms with E-state index in [2.05, 4.69) is 15.5 Å². The van der Waals surface area contributed by atoms with E-state index in [1.165, 1.54) is 0 Å². The number of ether oxygens (including phenoxy) is 1. The second-order valence-corrected chi connectivity index (χ2v) is 4.28. The number of H-pyrrole nitrogens is 1. The van der Waals surface area contributed by atoms with Gasteiger partial charge in [0.25, 0.3) is 12.3 Å². The van der Waals surface area contributed by atoms with Gasteiger partial charge in [-0.2, -0.15) is 5.10 Å². The summed E-state index contributed by atoms with van der Waals surface area (Å²) in [6, 6.07) is 1.07. The first-order valence-corrected chi connectivity index (χ1v) is 5.86. The third-order valence-electron chi connectivity index (χ3n) is 2.93. The summed E-state index contributed by atoms with van der Waals surface area (Å²) in [6.07, 6.45) is -0.805. The van der Waals surface area contributed by atoms with Crippen molar-refractivity contribution in [2.45, 2.75) is 19.3 Å². The van der Waals surface area contributed by atoms with Crippen molar-refractivity contribution in [3.63, 3.8) is 0 Å². The molecule has 0 unspecified atom stereocenters. The Kier molecular flexibility index (Phi) is 4.24. The highest BCUT2D eigenvalue weighted by atomic mass is 19.3. The monoisotopic (exact) mass is 259 g/mol. The predicted octanol–water partition coefficient (Wildman–Crippen LogP) is 1.50. The lowest BCUT2D eigenvalue weighted by atomic mass is 10.1. The topological polar surface area (TPSA) is 67.0 Å². The highest BCUT2D eigenvalue weighted by Gasteiger charge is 2.17. The van der Waals surface area contributed by atoms with E-state index in [-0.39, 0.29) is 11.4 Å². The molecule has 1 aromatic rings. The minimum atomic E-state index is -2.64. The fourth-order valence-electron chi connectivity index (χ4n) is 1.86. The second-order valence-electron chi connectivity index (χ2n) is 4.28. The molecule has 18 heavy (non-hydrogen) atoms. The van der Waals surface area contributed by atoms with E-state index in [4.69, 9.17) is 4.74 Å². The molecular weight excluding hydrogens is 244 g/mol. The molecule has 7 heteroatoms. The average Bonchev–Trinajstić information content (AvgIpc) is 2.99. The van der Waals surface area contributed by atoms with Crippen LogP contribution >= 0.6 is 0 Å². The Morgan fingerprint density at radius 2 is 2.50 bits per heavy atom. The van der Waals surface area contributed by atoms with E-state index in [0.29, 0.717) is 12.5 Å². The van der Waals surface area contributed by atoms with Crippen LogP contribution in [0.2, 0.25) is 0 Å². The Bertz CT molecular complexity index is 403. The van der Waals surface area contributed by atoms with E-state index in [0.717, 1.165) is 32.1 Å². The summed E-state index contributed by atoms with van der Waals surface area (Å²) in [7, 11) is 0. The standard InChI is InChI=1S/C11H15F2N3O2/c12-10(13)8-5-9(16-15-8)11(17)14-3-1-7-2-4-18-6-7/h5,7,10H,1-4,6H2,(H,14,17)(H,15,16)/t7-/m0/s1. The molecule has 1 atom stereocenters. The maximum absolute atomic E-state index is 12.3. The summed E-state index contributed by atoms with van der Waals surface area (Å²) < 4.78 is 29.8. The quantitative estimate of drug-likeness (QED) is 0.842. The van der Waals surface area contributed by atoms with E-state index >= 15 is 0 Å². The fourth-order valence-corrected chi connectivity index (χ4v) is 1.86. The highest BCUT2D eigenvalue weighted by Crippen LogP contribution is 2.17. The van der Waals surface area contributed by atoms with Gasteiger partial charge in [-0.05, 0) is 24.8 Å². The number of alkyl halides is 2. The van der Waals surface area contributed by atoms with Gasteiger partial charge in [-0.1, -0.05) is 0 Å². The lowest BCUT2D eigenvalue weighted by Gasteiger charge is -2.07. The van der Waals surface area contributed by atoms with E-state index in [9.17, 15) is 13.6 Å². The Morgan fingerprint density at radius 3 is 3.11 bits per heavy atom. The summed E-state index contributed by atoms with van der Waals surface area (Å²) in [5.41, 5.74) is -0.350. The van der Waals surface area contributed by atoms with Crippen LogP contribution in [0.5, 0.6) is 0 Å². The third kappa shape index (κ3) is 3.25. The largest absolute Gasteiger partial charge is 0.381 e. The van der Waals surface area contributed by atoms with Crippen molar-refractivity contribution in [2.24, 2.45) is 5.92 Å². The van der Waals surface area contributed by atoms with Crippen LogP contribution < -0.4 is 5.32 Å². The molecule has 2 N–H and O–H groups in total. The first kappa shape index (κ1) is 12.9. The van der Waals surface area contributed by atoms with Crippen molar-refractivity contribution in [1.82, 2.24) is 15.5 Å². The van der Waals surface area contributed by atoms with Crippen LogP contribution in [0.1, 0.15) is 35.4 Å². The molecule has 0 aromatic carbocycles. The number of hydrogen-bond acceptors (Lipinski definition) is 3. The van der Waals surface area contributed by atoms with E-state index in [1.807, 2.05) is 0 Å².